The molecule has 6 heteroatoms. The highest BCUT2D eigenvalue weighted by atomic mass is 79.9. The van der Waals surface area contributed by atoms with Crippen molar-refractivity contribution in [2.75, 3.05) is 0 Å². The number of aromatic nitrogens is 3. The minimum Gasteiger partial charge on any atom is -0.484 e. The molecule has 2 rings (SSSR count). The number of nitrogens with zero attached hydrogens (tertiary/aromatic N) is 3. The Hall–Kier alpha value is -1.43. The summed E-state index contributed by atoms with van der Waals surface area (Å²) >= 11 is 3.31. The van der Waals surface area contributed by atoms with Gasteiger partial charge in [0.15, 0.2) is 5.82 Å². The molecule has 0 atom stereocenters. The molecule has 0 fully saturated rings. The first-order valence-electron chi connectivity index (χ1n) is 5.54. The van der Waals surface area contributed by atoms with Crippen LogP contribution in [0.3, 0.4) is 0 Å². The molecule has 18 heavy (non-hydrogen) atoms. The summed E-state index contributed by atoms with van der Waals surface area (Å²) in [4.78, 5) is 4.12. The van der Waals surface area contributed by atoms with Gasteiger partial charge in [0.2, 0.25) is 0 Å². The number of rotatable bonds is 4. The molecular weight excluding hydrogens is 301 g/mol. The smallest absolute Gasteiger partial charge is 0.165 e. The van der Waals surface area contributed by atoms with Gasteiger partial charge in [0.1, 0.15) is 24.5 Å². The van der Waals surface area contributed by atoms with E-state index in [-0.39, 0.29) is 18.5 Å². The maximum Gasteiger partial charge on any atom is 0.165 e. The van der Waals surface area contributed by atoms with E-state index in [2.05, 4.69) is 26.0 Å². The lowest BCUT2D eigenvalue weighted by atomic mass is 10.3. The van der Waals surface area contributed by atoms with Gasteiger partial charge in [-0.15, -0.1) is 0 Å². The summed E-state index contributed by atoms with van der Waals surface area (Å²) < 4.78 is 21.1. The van der Waals surface area contributed by atoms with Gasteiger partial charge in [0, 0.05) is 12.1 Å². The number of hydrogen-bond donors (Lipinski definition) is 0. The van der Waals surface area contributed by atoms with Crippen molar-refractivity contribution in [3.05, 3.63) is 40.6 Å². The number of ether oxygens (including phenoxy) is 1. The first kappa shape index (κ1) is 13.0. The summed E-state index contributed by atoms with van der Waals surface area (Å²) in [5.74, 6) is 0.827. The van der Waals surface area contributed by atoms with Crippen molar-refractivity contribution in [3.8, 4) is 5.75 Å². The normalized spacial score (nSPS) is 10.9. The standard InChI is InChI=1S/C12H13BrFN3O/c1-8(2)17-12(15-7-16-17)6-18-11-5-9(14)3-4-10(11)13/h3-5,7-8H,6H2,1-2H3. The highest BCUT2D eigenvalue weighted by molar-refractivity contribution is 9.10. The average Bonchev–Trinajstić information content (AvgIpc) is 2.79. The third kappa shape index (κ3) is 2.87. The third-order valence-electron chi connectivity index (χ3n) is 2.39. The Balaban J connectivity index is 2.11. The molecule has 96 valence electrons. The Morgan fingerprint density at radius 1 is 1.44 bits per heavy atom. The van der Waals surface area contributed by atoms with Crippen LogP contribution in [0.5, 0.6) is 5.75 Å². The Kier molecular flexibility index (Phi) is 3.96. The van der Waals surface area contributed by atoms with Gasteiger partial charge in [-0.05, 0) is 41.9 Å². The van der Waals surface area contributed by atoms with Gasteiger partial charge in [-0.25, -0.2) is 14.1 Å². The molecule has 1 heterocycles. The van der Waals surface area contributed by atoms with Crippen molar-refractivity contribution < 1.29 is 9.13 Å². The number of benzene rings is 1. The van der Waals surface area contributed by atoms with E-state index in [4.69, 9.17) is 4.74 Å². The van der Waals surface area contributed by atoms with Crippen LogP contribution in [0.4, 0.5) is 4.39 Å². The molecule has 4 nitrogen and oxygen atoms in total. The van der Waals surface area contributed by atoms with E-state index in [1.54, 1.807) is 10.7 Å². The minimum absolute atomic E-state index is 0.210. The fourth-order valence-corrected chi connectivity index (χ4v) is 1.90. The van der Waals surface area contributed by atoms with Crippen molar-refractivity contribution in [1.82, 2.24) is 14.8 Å². The van der Waals surface area contributed by atoms with Gasteiger partial charge in [-0.3, -0.25) is 0 Å². The van der Waals surface area contributed by atoms with Crippen LogP contribution >= 0.6 is 15.9 Å². The second kappa shape index (κ2) is 5.48. The van der Waals surface area contributed by atoms with E-state index in [9.17, 15) is 4.39 Å². The molecule has 0 aliphatic heterocycles. The second-order valence-corrected chi connectivity index (χ2v) is 4.93. The zero-order valence-corrected chi connectivity index (χ0v) is 11.7. The maximum absolute atomic E-state index is 13.1. The van der Waals surface area contributed by atoms with Crippen molar-refractivity contribution in [2.45, 2.75) is 26.5 Å². The van der Waals surface area contributed by atoms with Crippen molar-refractivity contribution >= 4 is 15.9 Å². The van der Waals surface area contributed by atoms with Gasteiger partial charge in [-0.2, -0.15) is 5.10 Å². The lowest BCUT2D eigenvalue weighted by molar-refractivity contribution is 0.279. The van der Waals surface area contributed by atoms with E-state index in [1.165, 1.54) is 18.5 Å². The van der Waals surface area contributed by atoms with Crippen LogP contribution in [-0.4, -0.2) is 14.8 Å². The Morgan fingerprint density at radius 2 is 2.22 bits per heavy atom. The zero-order valence-electron chi connectivity index (χ0n) is 10.1. The molecule has 0 bridgehead atoms. The van der Waals surface area contributed by atoms with Crippen LogP contribution in [0.25, 0.3) is 0 Å². The molecular formula is C12H13BrFN3O. The highest BCUT2D eigenvalue weighted by Crippen LogP contribution is 2.26. The van der Waals surface area contributed by atoms with E-state index >= 15 is 0 Å². The zero-order chi connectivity index (χ0) is 13.1. The van der Waals surface area contributed by atoms with Crippen molar-refractivity contribution in [3.63, 3.8) is 0 Å². The Labute approximate surface area is 113 Å². The summed E-state index contributed by atoms with van der Waals surface area (Å²) in [5, 5.41) is 4.11. The average molecular weight is 314 g/mol. The van der Waals surface area contributed by atoms with E-state index < -0.39 is 0 Å². The van der Waals surface area contributed by atoms with Gasteiger partial charge < -0.3 is 4.74 Å². The van der Waals surface area contributed by atoms with Gasteiger partial charge >= 0.3 is 0 Å². The minimum atomic E-state index is -0.335. The van der Waals surface area contributed by atoms with E-state index in [0.717, 1.165) is 0 Å². The van der Waals surface area contributed by atoms with Gasteiger partial charge in [0.05, 0.1) is 4.47 Å². The molecule has 0 saturated carbocycles. The summed E-state index contributed by atoms with van der Waals surface area (Å²) in [7, 11) is 0. The number of halogens is 2. The van der Waals surface area contributed by atoms with Crippen LogP contribution in [0.15, 0.2) is 29.0 Å². The van der Waals surface area contributed by atoms with Crippen LogP contribution in [-0.2, 0) is 6.61 Å². The first-order valence-corrected chi connectivity index (χ1v) is 6.33. The SMILES string of the molecule is CC(C)n1ncnc1COc1cc(F)ccc1Br. The molecule has 1 aromatic heterocycles. The fraction of sp³-hybridized carbons (Fsp3) is 0.333. The predicted octanol–water partition coefficient (Wildman–Crippen LogP) is 3.34. The third-order valence-corrected chi connectivity index (χ3v) is 3.04. The van der Waals surface area contributed by atoms with E-state index in [0.29, 0.717) is 16.0 Å². The summed E-state index contributed by atoms with van der Waals surface area (Å²) in [5.41, 5.74) is 0. The molecule has 0 spiro atoms. The highest BCUT2D eigenvalue weighted by Gasteiger charge is 2.09. The molecule has 0 radical (unpaired) electrons. The largest absolute Gasteiger partial charge is 0.484 e. The van der Waals surface area contributed by atoms with Crippen LogP contribution in [0.1, 0.15) is 25.7 Å². The molecule has 0 aliphatic rings. The van der Waals surface area contributed by atoms with E-state index in [1.807, 2.05) is 13.8 Å². The molecule has 0 saturated heterocycles. The summed E-state index contributed by atoms with van der Waals surface area (Å²) in [6.45, 7) is 4.27. The predicted molar refractivity (Wildman–Crippen MR) is 68.8 cm³/mol. The molecule has 1 aromatic carbocycles. The van der Waals surface area contributed by atoms with Crippen LogP contribution < -0.4 is 4.74 Å². The monoisotopic (exact) mass is 313 g/mol. The quantitative estimate of drug-likeness (QED) is 0.869. The Morgan fingerprint density at radius 3 is 2.94 bits per heavy atom. The van der Waals surface area contributed by atoms with Gasteiger partial charge in [0.25, 0.3) is 0 Å². The molecule has 0 unspecified atom stereocenters. The summed E-state index contributed by atoms with van der Waals surface area (Å²) in [6, 6.07) is 4.52. The Bertz CT molecular complexity index is 542. The molecule has 2 aromatic rings. The molecule has 0 N–H and O–H groups in total. The second-order valence-electron chi connectivity index (χ2n) is 4.08. The lowest BCUT2D eigenvalue weighted by Gasteiger charge is -2.11. The topological polar surface area (TPSA) is 39.9 Å². The maximum atomic E-state index is 13.1. The lowest BCUT2D eigenvalue weighted by Crippen LogP contribution is -2.10. The van der Waals surface area contributed by atoms with Crippen molar-refractivity contribution in [2.24, 2.45) is 0 Å². The first-order chi connectivity index (χ1) is 8.58. The van der Waals surface area contributed by atoms with Gasteiger partial charge in [-0.1, -0.05) is 0 Å². The number of hydrogen-bond acceptors (Lipinski definition) is 3. The molecule has 0 amide bonds. The van der Waals surface area contributed by atoms with Crippen LogP contribution in [0.2, 0.25) is 0 Å². The fourth-order valence-electron chi connectivity index (χ4n) is 1.54. The summed E-state index contributed by atoms with van der Waals surface area (Å²) in [6.07, 6.45) is 1.49. The van der Waals surface area contributed by atoms with Crippen LogP contribution in [0, 0.1) is 5.82 Å². The molecule has 0 aliphatic carbocycles. The van der Waals surface area contributed by atoms with Crippen molar-refractivity contribution in [1.29, 1.82) is 0 Å².